The van der Waals surface area contributed by atoms with Gasteiger partial charge in [-0.3, -0.25) is 4.98 Å². The van der Waals surface area contributed by atoms with E-state index in [4.69, 9.17) is 0 Å². The van der Waals surface area contributed by atoms with Crippen LogP contribution in [0.1, 0.15) is 5.56 Å². The monoisotopic (exact) mass is 240 g/mol. The Balaban J connectivity index is 1.81. The van der Waals surface area contributed by atoms with Crippen LogP contribution in [0.4, 0.5) is 5.69 Å². The number of benzene rings is 1. The molecule has 0 spiro atoms. The van der Waals surface area contributed by atoms with E-state index in [2.05, 4.69) is 45.3 Å². The average Bonchev–Trinajstić information content (AvgIpc) is 2.89. The van der Waals surface area contributed by atoms with Crippen LogP contribution in [-0.2, 0) is 6.54 Å². The van der Waals surface area contributed by atoms with Gasteiger partial charge in [-0.05, 0) is 34.5 Å². The quantitative estimate of drug-likeness (QED) is 0.750. The standard InChI is InChI=1S/C14H12N2S/c1-2-13-9-15-5-3-12(13)7-11(1)8-16-14-4-6-17-10-14/h1-7,9-10,16H,8H2. The highest BCUT2D eigenvalue weighted by atomic mass is 32.1. The Morgan fingerprint density at radius 1 is 1.12 bits per heavy atom. The maximum absolute atomic E-state index is 4.11. The van der Waals surface area contributed by atoms with Gasteiger partial charge in [0.05, 0.1) is 0 Å². The predicted octanol–water partition coefficient (Wildman–Crippen LogP) is 3.91. The number of fused-ring (bicyclic) bond motifs is 1. The van der Waals surface area contributed by atoms with Gasteiger partial charge in [0.2, 0.25) is 0 Å². The highest BCUT2D eigenvalue weighted by molar-refractivity contribution is 7.08. The van der Waals surface area contributed by atoms with Crippen molar-refractivity contribution < 1.29 is 0 Å². The fraction of sp³-hybridized carbons (Fsp3) is 0.0714. The Labute approximate surface area is 104 Å². The summed E-state index contributed by atoms with van der Waals surface area (Å²) in [7, 11) is 0. The lowest BCUT2D eigenvalue weighted by molar-refractivity contribution is 1.16. The van der Waals surface area contributed by atoms with Crippen LogP contribution in [0.25, 0.3) is 10.8 Å². The lowest BCUT2D eigenvalue weighted by Gasteiger charge is -2.05. The van der Waals surface area contributed by atoms with E-state index < -0.39 is 0 Å². The second-order valence-electron chi connectivity index (χ2n) is 3.92. The molecule has 2 aromatic heterocycles. The van der Waals surface area contributed by atoms with Gasteiger partial charge in [-0.2, -0.15) is 11.3 Å². The van der Waals surface area contributed by atoms with Gasteiger partial charge in [-0.1, -0.05) is 12.1 Å². The van der Waals surface area contributed by atoms with E-state index in [1.165, 1.54) is 22.0 Å². The van der Waals surface area contributed by atoms with Crippen molar-refractivity contribution in [2.75, 3.05) is 5.32 Å². The number of nitrogens with zero attached hydrogens (tertiary/aromatic N) is 1. The summed E-state index contributed by atoms with van der Waals surface area (Å²) in [6, 6.07) is 10.6. The van der Waals surface area contributed by atoms with E-state index >= 15 is 0 Å². The largest absolute Gasteiger partial charge is 0.380 e. The van der Waals surface area contributed by atoms with Crippen molar-refractivity contribution >= 4 is 27.8 Å². The van der Waals surface area contributed by atoms with Crippen LogP contribution in [0.5, 0.6) is 0 Å². The molecule has 1 aromatic carbocycles. The Morgan fingerprint density at radius 3 is 3.00 bits per heavy atom. The van der Waals surface area contributed by atoms with Crippen LogP contribution < -0.4 is 5.32 Å². The van der Waals surface area contributed by atoms with Gasteiger partial charge < -0.3 is 5.32 Å². The summed E-state index contributed by atoms with van der Waals surface area (Å²) in [5, 5.41) is 10.0. The molecule has 2 nitrogen and oxygen atoms in total. The molecule has 0 bridgehead atoms. The number of hydrogen-bond acceptors (Lipinski definition) is 3. The first-order valence-corrected chi connectivity index (χ1v) is 6.45. The summed E-state index contributed by atoms with van der Waals surface area (Å²) in [6.45, 7) is 0.856. The molecular weight excluding hydrogens is 228 g/mol. The molecule has 0 amide bonds. The minimum Gasteiger partial charge on any atom is -0.380 e. The highest BCUT2D eigenvalue weighted by Crippen LogP contribution is 2.17. The van der Waals surface area contributed by atoms with Crippen molar-refractivity contribution in [3.05, 3.63) is 59.0 Å². The Kier molecular flexibility index (Phi) is 2.76. The third-order valence-corrected chi connectivity index (χ3v) is 3.41. The van der Waals surface area contributed by atoms with Gasteiger partial charge in [0.25, 0.3) is 0 Å². The van der Waals surface area contributed by atoms with E-state index in [0.717, 1.165) is 6.54 Å². The molecule has 2 heterocycles. The third-order valence-electron chi connectivity index (χ3n) is 2.72. The van der Waals surface area contributed by atoms with Crippen LogP contribution in [0, 0.1) is 0 Å². The first-order valence-electron chi connectivity index (χ1n) is 5.50. The van der Waals surface area contributed by atoms with Crippen molar-refractivity contribution in [3.8, 4) is 0 Å². The predicted molar refractivity (Wildman–Crippen MR) is 73.4 cm³/mol. The minimum absolute atomic E-state index is 0.856. The lowest BCUT2D eigenvalue weighted by atomic mass is 10.1. The average molecular weight is 240 g/mol. The molecule has 17 heavy (non-hydrogen) atoms. The lowest BCUT2D eigenvalue weighted by Crippen LogP contribution is -1.97. The van der Waals surface area contributed by atoms with Gasteiger partial charge >= 0.3 is 0 Å². The summed E-state index contributed by atoms with van der Waals surface area (Å²) in [4.78, 5) is 4.11. The summed E-state index contributed by atoms with van der Waals surface area (Å²) in [5.74, 6) is 0. The van der Waals surface area contributed by atoms with Crippen molar-refractivity contribution in [1.82, 2.24) is 4.98 Å². The van der Waals surface area contributed by atoms with E-state index in [1.54, 1.807) is 11.3 Å². The van der Waals surface area contributed by atoms with E-state index in [9.17, 15) is 0 Å². The van der Waals surface area contributed by atoms with Gasteiger partial charge in [-0.25, -0.2) is 0 Å². The summed E-state index contributed by atoms with van der Waals surface area (Å²) < 4.78 is 0. The maximum atomic E-state index is 4.11. The van der Waals surface area contributed by atoms with Crippen LogP contribution in [0.15, 0.2) is 53.5 Å². The highest BCUT2D eigenvalue weighted by Gasteiger charge is 1.97. The Morgan fingerprint density at radius 2 is 2.12 bits per heavy atom. The first kappa shape index (κ1) is 10.3. The van der Waals surface area contributed by atoms with E-state index in [-0.39, 0.29) is 0 Å². The number of hydrogen-bond donors (Lipinski definition) is 1. The molecule has 0 fully saturated rings. The molecule has 0 saturated heterocycles. The topological polar surface area (TPSA) is 24.9 Å². The summed E-state index contributed by atoms with van der Waals surface area (Å²) in [5.41, 5.74) is 2.47. The molecule has 84 valence electrons. The fourth-order valence-electron chi connectivity index (χ4n) is 1.81. The third kappa shape index (κ3) is 2.29. The van der Waals surface area contributed by atoms with Crippen molar-refractivity contribution in [2.24, 2.45) is 0 Å². The normalized spacial score (nSPS) is 10.6. The molecule has 1 N–H and O–H groups in total. The maximum Gasteiger partial charge on any atom is 0.0451 e. The van der Waals surface area contributed by atoms with Crippen LogP contribution in [0.2, 0.25) is 0 Å². The van der Waals surface area contributed by atoms with Crippen molar-refractivity contribution in [1.29, 1.82) is 0 Å². The Hall–Kier alpha value is -1.87. The number of nitrogens with one attached hydrogen (secondary N) is 1. The van der Waals surface area contributed by atoms with Gasteiger partial charge in [0.15, 0.2) is 0 Å². The van der Waals surface area contributed by atoms with E-state index in [0.29, 0.717) is 0 Å². The molecule has 0 aliphatic heterocycles. The van der Waals surface area contributed by atoms with Gasteiger partial charge in [-0.15, -0.1) is 0 Å². The van der Waals surface area contributed by atoms with E-state index in [1.807, 2.05) is 18.5 Å². The zero-order valence-corrected chi connectivity index (χ0v) is 10.1. The number of thiophene rings is 1. The zero-order valence-electron chi connectivity index (χ0n) is 9.26. The molecule has 0 aliphatic carbocycles. The molecule has 0 unspecified atom stereocenters. The molecule has 0 aliphatic rings. The zero-order chi connectivity index (χ0) is 11.5. The second kappa shape index (κ2) is 4.55. The number of pyridine rings is 1. The second-order valence-corrected chi connectivity index (χ2v) is 4.70. The number of anilines is 1. The molecule has 0 radical (unpaired) electrons. The molecule has 3 heteroatoms. The Bertz CT molecular complexity index is 617. The molecular formula is C14H12N2S. The molecule has 0 saturated carbocycles. The smallest absolute Gasteiger partial charge is 0.0451 e. The number of aromatic nitrogens is 1. The summed E-state index contributed by atoms with van der Waals surface area (Å²) in [6.07, 6.45) is 3.73. The van der Waals surface area contributed by atoms with Crippen molar-refractivity contribution in [2.45, 2.75) is 6.54 Å². The van der Waals surface area contributed by atoms with Crippen molar-refractivity contribution in [3.63, 3.8) is 0 Å². The van der Waals surface area contributed by atoms with Gasteiger partial charge in [0.1, 0.15) is 0 Å². The van der Waals surface area contributed by atoms with Crippen LogP contribution >= 0.6 is 11.3 Å². The molecule has 3 rings (SSSR count). The minimum atomic E-state index is 0.856. The van der Waals surface area contributed by atoms with Crippen LogP contribution in [-0.4, -0.2) is 4.98 Å². The molecule has 3 aromatic rings. The molecule has 0 atom stereocenters. The SMILES string of the molecule is c1cc2cc(CNc3ccsc3)ccc2cn1. The fourth-order valence-corrected chi connectivity index (χ4v) is 2.42. The number of rotatable bonds is 3. The van der Waals surface area contributed by atoms with Gasteiger partial charge in [0, 0.05) is 35.4 Å². The van der Waals surface area contributed by atoms with Crippen LogP contribution in [0.3, 0.4) is 0 Å². The summed E-state index contributed by atoms with van der Waals surface area (Å²) >= 11 is 1.71. The first-order chi connectivity index (χ1) is 8.42.